The Morgan fingerprint density at radius 2 is 1.57 bits per heavy atom. The highest BCUT2D eigenvalue weighted by Crippen LogP contribution is 2.22. The van der Waals surface area contributed by atoms with E-state index in [4.69, 9.17) is 9.47 Å². The molecule has 0 unspecified atom stereocenters. The lowest BCUT2D eigenvalue weighted by molar-refractivity contribution is 0.0634. The highest BCUT2D eigenvalue weighted by atomic mass is 16.5. The first-order valence-corrected chi connectivity index (χ1v) is 10.1. The largest absolute Gasteiger partial charge is 0.494 e. The molecule has 0 amide bonds. The van der Waals surface area contributed by atoms with Crippen LogP contribution in [0.3, 0.4) is 0 Å². The first-order chi connectivity index (χ1) is 13.1. The van der Waals surface area contributed by atoms with E-state index in [2.05, 4.69) is 70.0 Å². The van der Waals surface area contributed by atoms with E-state index >= 15 is 0 Å². The fourth-order valence-electron chi connectivity index (χ4n) is 2.49. The van der Waals surface area contributed by atoms with Crippen molar-refractivity contribution in [2.24, 2.45) is 10.8 Å². The number of pyridine rings is 1. The molecule has 0 aliphatic rings. The standard InChI is InChI=1S/C24H36N2O2/c1-23(2,3)17-26-20-10-13-22(25-16-20)19-8-11-21(12-9-19)28-15-7-14-27-18-24(4,5)6/h8-13,16,26H,7,14-15,17-18H2,1-6H3. The molecule has 2 aromatic rings. The van der Waals surface area contributed by atoms with Crippen LogP contribution in [-0.4, -0.2) is 31.3 Å². The van der Waals surface area contributed by atoms with Crippen LogP contribution in [0.25, 0.3) is 11.3 Å². The smallest absolute Gasteiger partial charge is 0.119 e. The van der Waals surface area contributed by atoms with Gasteiger partial charge >= 0.3 is 0 Å². The van der Waals surface area contributed by atoms with Gasteiger partial charge < -0.3 is 14.8 Å². The lowest BCUT2D eigenvalue weighted by Crippen LogP contribution is -2.18. The predicted octanol–water partition coefficient (Wildman–Crippen LogP) is 6.04. The van der Waals surface area contributed by atoms with E-state index < -0.39 is 0 Å². The zero-order valence-electron chi connectivity index (χ0n) is 18.3. The van der Waals surface area contributed by atoms with Gasteiger partial charge in [0.15, 0.2) is 0 Å². The molecule has 0 aliphatic heterocycles. The van der Waals surface area contributed by atoms with E-state index in [0.717, 1.165) is 48.9 Å². The molecule has 0 atom stereocenters. The van der Waals surface area contributed by atoms with Gasteiger partial charge in [-0.3, -0.25) is 4.98 Å². The van der Waals surface area contributed by atoms with E-state index in [1.54, 1.807) is 0 Å². The topological polar surface area (TPSA) is 43.4 Å². The average molecular weight is 385 g/mol. The van der Waals surface area contributed by atoms with Gasteiger partial charge in [-0.05, 0) is 47.2 Å². The van der Waals surface area contributed by atoms with E-state index in [-0.39, 0.29) is 10.8 Å². The molecule has 2 rings (SSSR count). The summed E-state index contributed by atoms with van der Waals surface area (Å²) in [5, 5.41) is 3.43. The van der Waals surface area contributed by atoms with Crippen LogP contribution in [-0.2, 0) is 4.74 Å². The monoisotopic (exact) mass is 384 g/mol. The molecule has 1 aromatic carbocycles. The van der Waals surface area contributed by atoms with Gasteiger partial charge in [0.25, 0.3) is 0 Å². The molecule has 1 N–H and O–H groups in total. The average Bonchev–Trinajstić information content (AvgIpc) is 2.62. The maximum absolute atomic E-state index is 5.80. The SMILES string of the molecule is CC(C)(C)CNc1ccc(-c2ccc(OCCCOCC(C)(C)C)cc2)nc1. The third-order valence-corrected chi connectivity index (χ3v) is 3.97. The number of nitrogens with one attached hydrogen (secondary N) is 1. The third-order valence-electron chi connectivity index (χ3n) is 3.97. The predicted molar refractivity (Wildman–Crippen MR) is 118 cm³/mol. The maximum atomic E-state index is 5.80. The van der Waals surface area contributed by atoms with Crippen molar-refractivity contribution in [1.82, 2.24) is 4.98 Å². The Morgan fingerprint density at radius 1 is 0.857 bits per heavy atom. The number of hydrogen-bond acceptors (Lipinski definition) is 4. The van der Waals surface area contributed by atoms with Crippen molar-refractivity contribution in [3.8, 4) is 17.0 Å². The number of benzene rings is 1. The van der Waals surface area contributed by atoms with Crippen molar-refractivity contribution >= 4 is 5.69 Å². The minimum absolute atomic E-state index is 0.214. The number of hydrogen-bond donors (Lipinski definition) is 1. The highest BCUT2D eigenvalue weighted by molar-refractivity contribution is 5.61. The van der Waals surface area contributed by atoms with Crippen molar-refractivity contribution in [3.63, 3.8) is 0 Å². The molecule has 0 bridgehead atoms. The van der Waals surface area contributed by atoms with E-state index in [1.165, 1.54) is 0 Å². The van der Waals surface area contributed by atoms with Gasteiger partial charge in [0.1, 0.15) is 5.75 Å². The van der Waals surface area contributed by atoms with Gasteiger partial charge in [-0.15, -0.1) is 0 Å². The second kappa shape index (κ2) is 9.92. The molecule has 4 heteroatoms. The molecule has 28 heavy (non-hydrogen) atoms. The molecule has 1 aromatic heterocycles. The Kier molecular flexibility index (Phi) is 7.88. The quantitative estimate of drug-likeness (QED) is 0.535. The van der Waals surface area contributed by atoms with E-state index in [1.807, 2.05) is 24.4 Å². The van der Waals surface area contributed by atoms with Gasteiger partial charge in [0, 0.05) is 25.1 Å². The number of rotatable bonds is 9. The molecule has 0 fully saturated rings. The summed E-state index contributed by atoms with van der Waals surface area (Å²) in [5.74, 6) is 0.878. The first kappa shape index (κ1) is 22.2. The Bertz CT molecular complexity index is 695. The Morgan fingerprint density at radius 3 is 2.14 bits per heavy atom. The summed E-state index contributed by atoms with van der Waals surface area (Å²) < 4.78 is 11.5. The molecule has 0 radical (unpaired) electrons. The molecule has 0 saturated carbocycles. The van der Waals surface area contributed by atoms with E-state index in [0.29, 0.717) is 6.61 Å². The van der Waals surface area contributed by atoms with Gasteiger partial charge in [0.2, 0.25) is 0 Å². The van der Waals surface area contributed by atoms with Crippen molar-refractivity contribution < 1.29 is 9.47 Å². The molecule has 0 saturated heterocycles. The van der Waals surface area contributed by atoms with Crippen LogP contribution in [0.5, 0.6) is 5.75 Å². The summed E-state index contributed by atoms with van der Waals surface area (Å²) in [6, 6.07) is 12.2. The van der Waals surface area contributed by atoms with Gasteiger partial charge in [0.05, 0.1) is 30.8 Å². The van der Waals surface area contributed by atoms with Crippen molar-refractivity contribution in [2.45, 2.75) is 48.0 Å². The number of ether oxygens (including phenoxy) is 2. The summed E-state index contributed by atoms with van der Waals surface area (Å²) >= 11 is 0. The van der Waals surface area contributed by atoms with Crippen molar-refractivity contribution in [2.75, 3.05) is 31.7 Å². The second-order valence-corrected chi connectivity index (χ2v) is 9.69. The molecule has 1 heterocycles. The van der Waals surface area contributed by atoms with Crippen LogP contribution >= 0.6 is 0 Å². The lowest BCUT2D eigenvalue weighted by atomic mass is 9.97. The van der Waals surface area contributed by atoms with Crippen LogP contribution in [0.15, 0.2) is 42.6 Å². The Balaban J connectivity index is 1.77. The van der Waals surface area contributed by atoms with Crippen LogP contribution in [0.2, 0.25) is 0 Å². The molecule has 0 aliphatic carbocycles. The van der Waals surface area contributed by atoms with Gasteiger partial charge in [-0.25, -0.2) is 0 Å². The van der Waals surface area contributed by atoms with E-state index in [9.17, 15) is 0 Å². The molecule has 0 spiro atoms. The van der Waals surface area contributed by atoms with Gasteiger partial charge in [-0.2, -0.15) is 0 Å². The van der Waals surface area contributed by atoms with Gasteiger partial charge in [-0.1, -0.05) is 41.5 Å². The minimum Gasteiger partial charge on any atom is -0.494 e. The van der Waals surface area contributed by atoms with Crippen LogP contribution in [0, 0.1) is 10.8 Å². The summed E-state index contributed by atoms with van der Waals surface area (Å²) in [6.45, 7) is 16.3. The fourth-order valence-corrected chi connectivity index (χ4v) is 2.49. The second-order valence-electron chi connectivity index (χ2n) is 9.69. The molecular formula is C24H36N2O2. The molecule has 154 valence electrons. The lowest BCUT2D eigenvalue weighted by Gasteiger charge is -2.19. The third kappa shape index (κ3) is 8.75. The number of aromatic nitrogens is 1. The van der Waals surface area contributed by atoms with Crippen molar-refractivity contribution in [1.29, 1.82) is 0 Å². The highest BCUT2D eigenvalue weighted by Gasteiger charge is 2.10. The Labute approximate surface area is 170 Å². The summed E-state index contributed by atoms with van der Waals surface area (Å²) in [7, 11) is 0. The molecular weight excluding hydrogens is 348 g/mol. The normalized spacial score (nSPS) is 12.1. The van der Waals surface area contributed by atoms with Crippen molar-refractivity contribution in [3.05, 3.63) is 42.6 Å². The fraction of sp³-hybridized carbons (Fsp3) is 0.542. The summed E-state index contributed by atoms with van der Waals surface area (Å²) in [5.41, 5.74) is 3.55. The number of anilines is 1. The maximum Gasteiger partial charge on any atom is 0.119 e. The first-order valence-electron chi connectivity index (χ1n) is 10.1. The van der Waals surface area contributed by atoms with Crippen LogP contribution in [0.1, 0.15) is 48.0 Å². The number of nitrogens with zero attached hydrogens (tertiary/aromatic N) is 1. The molecule has 4 nitrogen and oxygen atoms in total. The van der Waals surface area contributed by atoms with Crippen LogP contribution < -0.4 is 10.1 Å². The van der Waals surface area contributed by atoms with Crippen LogP contribution in [0.4, 0.5) is 5.69 Å². The summed E-state index contributed by atoms with van der Waals surface area (Å²) in [6.07, 6.45) is 2.78. The zero-order valence-corrected chi connectivity index (χ0v) is 18.3. The summed E-state index contributed by atoms with van der Waals surface area (Å²) in [4.78, 5) is 4.58. The Hall–Kier alpha value is -2.07. The zero-order chi connectivity index (χ0) is 20.6. The minimum atomic E-state index is 0.214.